The summed E-state index contributed by atoms with van der Waals surface area (Å²) in [4.78, 5) is 53.0. The van der Waals surface area contributed by atoms with Gasteiger partial charge >= 0.3 is 27.6 Å². The standard InChI is InChI=1S/C46H80O17P2/c1-3-5-7-8-9-10-11-12-13-14-15-16-17-18-19-20-25-29-44(50)58-36-40(37-61-65(56,57)60-35-39(48)34-59-64(53,54)55)62-45(51)30-26-22-21-24-28-41-42(49)33-46(52)63-43(41)32-31-38(47)27-23-6-4-2/h12-13,15-16,18-19,21,24,31-32,38-43,46-49,52H,3-11,14,17,20,22-23,25-30,33-37H2,1-2H3,(H,56,57)(H2,53,54,55)/b13-12-,16-15-,19-18-,24-21-,32-31+/t38-,39-,40+,41-,42-,43+,46?/m0/s1. The number of carbonyl (C=O) groups is 2. The van der Waals surface area contributed by atoms with Crippen LogP contribution in [0.2, 0.25) is 0 Å². The Labute approximate surface area is 386 Å². The Kier molecular flexibility index (Phi) is 35.1. The number of rotatable bonds is 39. The van der Waals surface area contributed by atoms with Crippen LogP contribution in [0.5, 0.6) is 0 Å². The zero-order valence-corrected chi connectivity index (χ0v) is 40.4. The molecular weight excluding hydrogens is 886 g/mol. The van der Waals surface area contributed by atoms with Crippen molar-refractivity contribution in [1.29, 1.82) is 0 Å². The first-order valence-electron chi connectivity index (χ1n) is 23.4. The highest BCUT2D eigenvalue weighted by Gasteiger charge is 2.35. The van der Waals surface area contributed by atoms with Crippen LogP contribution in [0.25, 0.3) is 0 Å². The monoisotopic (exact) mass is 966 g/mol. The van der Waals surface area contributed by atoms with Gasteiger partial charge in [0.15, 0.2) is 12.4 Å². The SMILES string of the molecule is CCCCCCCC/C=C\C/C=C\C/C=C\CCCC(=O)OC[C@H](COP(=O)(O)OC[C@@H](O)COP(=O)(O)O)OC(=O)CCC/C=C\C[C@H]1[C@@H](O)CC(O)O[C@@H]1/C=C/[C@@H](O)CCCCC. The molecule has 7 N–H and O–H groups in total. The fourth-order valence-electron chi connectivity index (χ4n) is 6.52. The average molecular weight is 967 g/mol. The molecule has 17 nitrogen and oxygen atoms in total. The van der Waals surface area contributed by atoms with E-state index in [1.807, 2.05) is 24.3 Å². The van der Waals surface area contributed by atoms with E-state index in [1.54, 1.807) is 12.2 Å². The number of phosphoric ester groups is 2. The Balaban J connectivity index is 2.63. The van der Waals surface area contributed by atoms with Crippen molar-refractivity contribution >= 4 is 27.6 Å². The molecule has 65 heavy (non-hydrogen) atoms. The summed E-state index contributed by atoms with van der Waals surface area (Å²) in [6.45, 7) is 1.27. The molecule has 0 spiro atoms. The highest BCUT2D eigenvalue weighted by molar-refractivity contribution is 7.47. The molecule has 1 fully saturated rings. The predicted molar refractivity (Wildman–Crippen MR) is 247 cm³/mol. The van der Waals surface area contributed by atoms with Gasteiger partial charge in [0, 0.05) is 25.2 Å². The minimum absolute atomic E-state index is 0.0511. The van der Waals surface area contributed by atoms with Gasteiger partial charge in [0.2, 0.25) is 0 Å². The minimum Gasteiger partial charge on any atom is -0.462 e. The van der Waals surface area contributed by atoms with E-state index in [-0.39, 0.29) is 25.2 Å². The predicted octanol–water partition coefficient (Wildman–Crippen LogP) is 8.11. The third-order valence-electron chi connectivity index (χ3n) is 10.2. The molecule has 0 aliphatic carbocycles. The van der Waals surface area contributed by atoms with Crippen LogP contribution in [-0.4, -0.2) is 110 Å². The number of hydrogen-bond acceptors (Lipinski definition) is 14. The van der Waals surface area contributed by atoms with Gasteiger partial charge in [0.05, 0.1) is 38.1 Å². The van der Waals surface area contributed by atoms with Crippen LogP contribution < -0.4 is 0 Å². The fourth-order valence-corrected chi connectivity index (χ4v) is 7.68. The van der Waals surface area contributed by atoms with E-state index in [9.17, 15) is 44.0 Å². The number of ether oxygens (including phenoxy) is 3. The molecule has 19 heteroatoms. The molecule has 1 heterocycles. The molecule has 0 bridgehead atoms. The molecule has 8 atom stereocenters. The summed E-state index contributed by atoms with van der Waals surface area (Å²) in [5, 5.41) is 40.8. The number of unbranched alkanes of at least 4 members (excludes halogenated alkanes) is 10. The maximum absolute atomic E-state index is 12.8. The van der Waals surface area contributed by atoms with Gasteiger partial charge in [-0.25, -0.2) is 9.13 Å². The van der Waals surface area contributed by atoms with Gasteiger partial charge in [0.25, 0.3) is 0 Å². The van der Waals surface area contributed by atoms with Crippen LogP contribution in [0.3, 0.4) is 0 Å². The van der Waals surface area contributed by atoms with Crippen molar-refractivity contribution in [2.75, 3.05) is 26.4 Å². The van der Waals surface area contributed by atoms with Crippen molar-refractivity contribution in [2.24, 2.45) is 5.92 Å². The molecular formula is C46H80O17P2. The largest absolute Gasteiger partial charge is 0.472 e. The third kappa shape index (κ3) is 35.5. The second-order valence-corrected chi connectivity index (χ2v) is 18.9. The Hall–Kier alpha value is -2.34. The molecule has 1 aliphatic rings. The van der Waals surface area contributed by atoms with Gasteiger partial charge in [-0.3, -0.25) is 23.2 Å². The summed E-state index contributed by atoms with van der Waals surface area (Å²) in [6, 6.07) is 0. The molecule has 0 aromatic rings. The zero-order chi connectivity index (χ0) is 48.2. The number of esters is 2. The Bertz CT molecular complexity index is 1500. The quantitative estimate of drug-likeness (QED) is 0.0133. The Morgan fingerprint density at radius 1 is 0.677 bits per heavy atom. The van der Waals surface area contributed by atoms with E-state index in [0.29, 0.717) is 38.5 Å². The molecule has 0 saturated carbocycles. The fraction of sp³-hybridized carbons (Fsp3) is 0.739. The lowest BCUT2D eigenvalue weighted by molar-refractivity contribution is -0.199. The van der Waals surface area contributed by atoms with Gasteiger partial charge < -0.3 is 49.3 Å². The highest BCUT2D eigenvalue weighted by atomic mass is 31.2. The van der Waals surface area contributed by atoms with Crippen molar-refractivity contribution in [3.8, 4) is 0 Å². The zero-order valence-electron chi connectivity index (χ0n) is 38.6. The smallest absolute Gasteiger partial charge is 0.462 e. The van der Waals surface area contributed by atoms with E-state index >= 15 is 0 Å². The summed E-state index contributed by atoms with van der Waals surface area (Å²) in [7, 11) is -9.81. The molecule has 0 aromatic heterocycles. The summed E-state index contributed by atoms with van der Waals surface area (Å²) in [5.41, 5.74) is 0. The number of aliphatic hydroxyl groups excluding tert-OH is 4. The van der Waals surface area contributed by atoms with Gasteiger partial charge in [-0.2, -0.15) is 0 Å². The van der Waals surface area contributed by atoms with Crippen LogP contribution in [0, 0.1) is 5.92 Å². The van der Waals surface area contributed by atoms with E-state index in [1.165, 1.54) is 38.5 Å². The van der Waals surface area contributed by atoms with Crippen molar-refractivity contribution in [3.05, 3.63) is 60.8 Å². The second kappa shape index (κ2) is 37.6. The first kappa shape index (κ1) is 60.7. The average Bonchev–Trinajstić information content (AvgIpc) is 3.25. The van der Waals surface area contributed by atoms with Crippen molar-refractivity contribution < 1.29 is 81.6 Å². The van der Waals surface area contributed by atoms with Gasteiger partial charge in [-0.15, -0.1) is 0 Å². The third-order valence-corrected chi connectivity index (χ3v) is 11.6. The van der Waals surface area contributed by atoms with E-state index in [4.69, 9.17) is 28.5 Å². The molecule has 0 amide bonds. The van der Waals surface area contributed by atoms with Crippen molar-refractivity contribution in [1.82, 2.24) is 0 Å². The van der Waals surface area contributed by atoms with Crippen LogP contribution in [0.4, 0.5) is 0 Å². The molecule has 1 saturated heterocycles. The molecule has 0 aromatic carbocycles. The number of carbonyl (C=O) groups excluding carboxylic acids is 2. The summed E-state index contributed by atoms with van der Waals surface area (Å²) in [5.74, 6) is -1.67. The normalized spacial score (nSPS) is 20.9. The number of aliphatic hydroxyl groups is 4. The molecule has 1 rings (SSSR count). The van der Waals surface area contributed by atoms with E-state index in [2.05, 4.69) is 47.2 Å². The number of allylic oxidation sites excluding steroid dienone is 8. The van der Waals surface area contributed by atoms with Gasteiger partial charge in [0.1, 0.15) is 12.7 Å². The van der Waals surface area contributed by atoms with E-state index in [0.717, 1.165) is 38.5 Å². The minimum atomic E-state index is -4.91. The molecule has 1 aliphatic heterocycles. The Morgan fingerprint density at radius 3 is 1.89 bits per heavy atom. The van der Waals surface area contributed by atoms with Gasteiger partial charge in [-0.1, -0.05) is 126 Å². The Morgan fingerprint density at radius 2 is 1.23 bits per heavy atom. The lowest BCUT2D eigenvalue weighted by atomic mass is 9.87. The maximum atomic E-state index is 12.8. The lowest BCUT2D eigenvalue weighted by Gasteiger charge is -2.36. The maximum Gasteiger partial charge on any atom is 0.472 e. The van der Waals surface area contributed by atoms with Crippen molar-refractivity contribution in [3.63, 3.8) is 0 Å². The second-order valence-electron chi connectivity index (χ2n) is 16.2. The van der Waals surface area contributed by atoms with E-state index < -0.39 is 90.8 Å². The van der Waals surface area contributed by atoms with Crippen molar-refractivity contribution in [2.45, 2.75) is 185 Å². The molecule has 0 radical (unpaired) electrons. The number of phosphoric acid groups is 2. The summed E-state index contributed by atoms with van der Waals surface area (Å²) in [6.07, 6.45) is 29.8. The summed E-state index contributed by atoms with van der Waals surface area (Å²) >= 11 is 0. The molecule has 2 unspecified atom stereocenters. The van der Waals surface area contributed by atoms with Crippen LogP contribution in [0.15, 0.2) is 60.8 Å². The summed E-state index contributed by atoms with van der Waals surface area (Å²) < 4.78 is 53.4. The first-order chi connectivity index (χ1) is 31.0. The first-order valence-corrected chi connectivity index (χ1v) is 26.4. The topological polar surface area (TPSA) is 265 Å². The van der Waals surface area contributed by atoms with Gasteiger partial charge in [-0.05, 0) is 64.2 Å². The highest BCUT2D eigenvalue weighted by Crippen LogP contribution is 2.44. The lowest BCUT2D eigenvalue weighted by Crippen LogP contribution is -2.43. The van der Waals surface area contributed by atoms with Crippen LogP contribution >= 0.6 is 15.6 Å². The molecule has 376 valence electrons. The van der Waals surface area contributed by atoms with Crippen LogP contribution in [0.1, 0.15) is 149 Å². The number of hydrogen-bond donors (Lipinski definition) is 7. The van der Waals surface area contributed by atoms with Crippen LogP contribution in [-0.2, 0) is 46.5 Å².